The molecule has 0 unspecified atom stereocenters. The summed E-state index contributed by atoms with van der Waals surface area (Å²) in [5.41, 5.74) is 15.9. The van der Waals surface area contributed by atoms with Gasteiger partial charge in [-0.05, 0) is 49.2 Å². The van der Waals surface area contributed by atoms with E-state index in [1.54, 1.807) is 18.2 Å². The standard InChI is InChI=1S/C15H17N3O/c1-9-4-3-5-13(10(9)2)18-14-7-6-11(16)8-12(14)15(17)19/h3-8,18H,16H2,1-2H3,(H2,17,19). The second kappa shape index (κ2) is 5.02. The zero-order valence-electron chi connectivity index (χ0n) is 11.0. The van der Waals surface area contributed by atoms with Gasteiger partial charge in [0.05, 0.1) is 11.3 Å². The molecule has 0 saturated heterocycles. The van der Waals surface area contributed by atoms with Gasteiger partial charge in [-0.2, -0.15) is 0 Å². The number of benzene rings is 2. The van der Waals surface area contributed by atoms with E-state index in [1.165, 1.54) is 5.56 Å². The van der Waals surface area contributed by atoms with Gasteiger partial charge in [-0.3, -0.25) is 4.79 Å². The molecule has 2 rings (SSSR count). The summed E-state index contributed by atoms with van der Waals surface area (Å²) in [6.45, 7) is 4.07. The molecule has 0 aliphatic rings. The molecule has 0 aliphatic heterocycles. The second-order valence-electron chi connectivity index (χ2n) is 4.54. The van der Waals surface area contributed by atoms with Crippen molar-refractivity contribution in [1.82, 2.24) is 0 Å². The predicted molar refractivity (Wildman–Crippen MR) is 78.6 cm³/mol. The summed E-state index contributed by atoms with van der Waals surface area (Å²) >= 11 is 0. The van der Waals surface area contributed by atoms with Crippen molar-refractivity contribution in [1.29, 1.82) is 0 Å². The predicted octanol–water partition coefficient (Wildman–Crippen LogP) is 2.73. The highest BCUT2D eigenvalue weighted by atomic mass is 16.1. The van der Waals surface area contributed by atoms with Gasteiger partial charge < -0.3 is 16.8 Å². The zero-order chi connectivity index (χ0) is 14.0. The van der Waals surface area contributed by atoms with Gasteiger partial charge in [0, 0.05) is 11.4 Å². The van der Waals surface area contributed by atoms with E-state index in [0.717, 1.165) is 11.3 Å². The van der Waals surface area contributed by atoms with Gasteiger partial charge >= 0.3 is 0 Å². The van der Waals surface area contributed by atoms with Crippen molar-refractivity contribution < 1.29 is 4.79 Å². The molecule has 4 nitrogen and oxygen atoms in total. The van der Waals surface area contributed by atoms with E-state index in [1.807, 2.05) is 32.0 Å². The summed E-state index contributed by atoms with van der Waals surface area (Å²) in [5.74, 6) is -0.500. The van der Waals surface area contributed by atoms with Crippen LogP contribution in [0.1, 0.15) is 21.5 Å². The molecule has 2 aromatic carbocycles. The minimum absolute atomic E-state index is 0.390. The van der Waals surface area contributed by atoms with Gasteiger partial charge in [-0.1, -0.05) is 12.1 Å². The molecule has 0 saturated carbocycles. The molecule has 5 N–H and O–H groups in total. The maximum atomic E-state index is 11.4. The van der Waals surface area contributed by atoms with Crippen LogP contribution in [0.5, 0.6) is 0 Å². The van der Waals surface area contributed by atoms with Crippen LogP contribution >= 0.6 is 0 Å². The first-order valence-corrected chi connectivity index (χ1v) is 6.01. The number of rotatable bonds is 3. The topological polar surface area (TPSA) is 81.1 Å². The Bertz CT molecular complexity index is 635. The first kappa shape index (κ1) is 13.0. The quantitative estimate of drug-likeness (QED) is 0.737. The lowest BCUT2D eigenvalue weighted by molar-refractivity contribution is 0.100. The van der Waals surface area contributed by atoms with Crippen LogP contribution in [0.3, 0.4) is 0 Å². The summed E-state index contributed by atoms with van der Waals surface area (Å²) in [6.07, 6.45) is 0. The molecule has 98 valence electrons. The highest BCUT2D eigenvalue weighted by Crippen LogP contribution is 2.26. The normalized spacial score (nSPS) is 10.2. The number of carbonyl (C=O) groups is 1. The molecule has 0 aromatic heterocycles. The van der Waals surface area contributed by atoms with Crippen molar-refractivity contribution in [2.75, 3.05) is 11.1 Å². The number of carbonyl (C=O) groups excluding carboxylic acids is 1. The van der Waals surface area contributed by atoms with E-state index in [0.29, 0.717) is 16.9 Å². The van der Waals surface area contributed by atoms with Crippen molar-refractivity contribution in [3.63, 3.8) is 0 Å². The Morgan fingerprint density at radius 1 is 1.11 bits per heavy atom. The molecule has 0 radical (unpaired) electrons. The van der Waals surface area contributed by atoms with E-state index in [2.05, 4.69) is 5.32 Å². The van der Waals surface area contributed by atoms with Gasteiger partial charge in [-0.15, -0.1) is 0 Å². The van der Waals surface area contributed by atoms with Crippen LogP contribution in [0.2, 0.25) is 0 Å². The van der Waals surface area contributed by atoms with Crippen LogP contribution in [-0.4, -0.2) is 5.91 Å². The number of amides is 1. The second-order valence-corrected chi connectivity index (χ2v) is 4.54. The molecule has 2 aromatic rings. The van der Waals surface area contributed by atoms with E-state index in [4.69, 9.17) is 11.5 Å². The Morgan fingerprint density at radius 2 is 1.84 bits per heavy atom. The number of aryl methyl sites for hydroxylation is 1. The van der Waals surface area contributed by atoms with Crippen LogP contribution in [0, 0.1) is 13.8 Å². The Hall–Kier alpha value is -2.49. The van der Waals surface area contributed by atoms with Crippen LogP contribution in [0.4, 0.5) is 17.1 Å². The molecule has 19 heavy (non-hydrogen) atoms. The number of nitrogens with one attached hydrogen (secondary N) is 1. The molecular weight excluding hydrogens is 238 g/mol. The van der Waals surface area contributed by atoms with Crippen molar-refractivity contribution in [2.24, 2.45) is 5.73 Å². The number of anilines is 3. The lowest BCUT2D eigenvalue weighted by Crippen LogP contribution is -2.14. The minimum atomic E-state index is -0.500. The van der Waals surface area contributed by atoms with E-state index in [-0.39, 0.29) is 0 Å². The Labute approximate surface area is 112 Å². The summed E-state index contributed by atoms with van der Waals surface area (Å²) in [7, 11) is 0. The monoisotopic (exact) mass is 255 g/mol. The molecule has 4 heteroatoms. The molecule has 0 spiro atoms. The summed E-state index contributed by atoms with van der Waals surface area (Å²) in [6, 6.07) is 11.0. The fraction of sp³-hybridized carbons (Fsp3) is 0.133. The minimum Gasteiger partial charge on any atom is -0.399 e. The molecule has 0 heterocycles. The van der Waals surface area contributed by atoms with Gasteiger partial charge in [-0.25, -0.2) is 0 Å². The number of hydrogen-bond donors (Lipinski definition) is 3. The molecule has 1 amide bonds. The van der Waals surface area contributed by atoms with Crippen LogP contribution < -0.4 is 16.8 Å². The summed E-state index contributed by atoms with van der Waals surface area (Å²) < 4.78 is 0. The third-order valence-electron chi connectivity index (χ3n) is 3.18. The zero-order valence-corrected chi connectivity index (χ0v) is 11.0. The fourth-order valence-corrected chi connectivity index (χ4v) is 1.91. The smallest absolute Gasteiger partial charge is 0.250 e. The average molecular weight is 255 g/mol. The van der Waals surface area contributed by atoms with E-state index >= 15 is 0 Å². The van der Waals surface area contributed by atoms with Gasteiger partial charge in [0.15, 0.2) is 0 Å². The van der Waals surface area contributed by atoms with E-state index in [9.17, 15) is 4.79 Å². The van der Waals surface area contributed by atoms with Crippen molar-refractivity contribution >= 4 is 23.0 Å². The molecular formula is C15H17N3O. The fourth-order valence-electron chi connectivity index (χ4n) is 1.91. The molecule has 0 fully saturated rings. The first-order valence-electron chi connectivity index (χ1n) is 6.01. The van der Waals surface area contributed by atoms with Crippen molar-refractivity contribution in [2.45, 2.75) is 13.8 Å². The highest BCUT2D eigenvalue weighted by Gasteiger charge is 2.10. The van der Waals surface area contributed by atoms with Gasteiger partial charge in [0.2, 0.25) is 0 Å². The third-order valence-corrected chi connectivity index (χ3v) is 3.18. The molecule has 0 aliphatic carbocycles. The number of primary amides is 1. The largest absolute Gasteiger partial charge is 0.399 e. The maximum absolute atomic E-state index is 11.4. The highest BCUT2D eigenvalue weighted by molar-refractivity contribution is 6.00. The van der Waals surface area contributed by atoms with Gasteiger partial charge in [0.25, 0.3) is 5.91 Å². The Morgan fingerprint density at radius 3 is 2.53 bits per heavy atom. The maximum Gasteiger partial charge on any atom is 0.250 e. The number of nitrogen functional groups attached to an aromatic ring is 1. The SMILES string of the molecule is Cc1cccc(Nc2ccc(N)cc2C(N)=O)c1C. The summed E-state index contributed by atoms with van der Waals surface area (Å²) in [4.78, 5) is 11.4. The lowest BCUT2D eigenvalue weighted by Gasteiger charge is -2.14. The Balaban J connectivity index is 2.44. The average Bonchev–Trinajstić information content (AvgIpc) is 2.36. The molecule has 0 bridgehead atoms. The summed E-state index contributed by atoms with van der Waals surface area (Å²) in [5, 5.41) is 3.23. The Kier molecular flexibility index (Phi) is 3.42. The molecule has 0 atom stereocenters. The van der Waals surface area contributed by atoms with Crippen LogP contribution in [-0.2, 0) is 0 Å². The third kappa shape index (κ3) is 2.68. The first-order chi connectivity index (χ1) is 8.99. The number of hydrogen-bond acceptors (Lipinski definition) is 3. The van der Waals surface area contributed by atoms with E-state index < -0.39 is 5.91 Å². The van der Waals surface area contributed by atoms with Gasteiger partial charge in [0.1, 0.15) is 0 Å². The van der Waals surface area contributed by atoms with Crippen molar-refractivity contribution in [3.05, 3.63) is 53.1 Å². The van der Waals surface area contributed by atoms with Crippen LogP contribution in [0.15, 0.2) is 36.4 Å². The lowest BCUT2D eigenvalue weighted by atomic mass is 10.1. The van der Waals surface area contributed by atoms with Crippen molar-refractivity contribution in [3.8, 4) is 0 Å². The van der Waals surface area contributed by atoms with Crippen LogP contribution in [0.25, 0.3) is 0 Å². The number of nitrogens with two attached hydrogens (primary N) is 2.